The number of aldehydes is 1. The van der Waals surface area contributed by atoms with E-state index in [2.05, 4.69) is 20.3 Å². The maximum absolute atomic E-state index is 12.9. The highest BCUT2D eigenvalue weighted by atomic mass is 19.4. The number of carbonyl (C=O) groups excluding carboxylic acids is 1. The Morgan fingerprint density at radius 3 is 2.54 bits per heavy atom. The van der Waals surface area contributed by atoms with Crippen LogP contribution < -0.4 is 4.74 Å². The van der Waals surface area contributed by atoms with Gasteiger partial charge in [-0.1, -0.05) is 13.8 Å². The van der Waals surface area contributed by atoms with Crippen molar-refractivity contribution in [2.45, 2.75) is 32.0 Å². The van der Waals surface area contributed by atoms with Crippen LogP contribution in [0.3, 0.4) is 0 Å². The third-order valence-electron chi connectivity index (χ3n) is 4.19. The summed E-state index contributed by atoms with van der Waals surface area (Å²) in [5.41, 5.74) is 1.09. The Balaban J connectivity index is 2.03. The third-order valence-corrected chi connectivity index (χ3v) is 4.19. The van der Waals surface area contributed by atoms with Crippen molar-refractivity contribution in [3.05, 3.63) is 58.8 Å². The smallest absolute Gasteiger partial charge is 0.417 e. The van der Waals surface area contributed by atoms with Gasteiger partial charge in [0, 0.05) is 30.6 Å². The average Bonchev–Trinajstić information content (AvgIpc) is 3.25. The Hall–Kier alpha value is -3.17. The minimum Gasteiger partial charge on any atom is -0.462 e. The Bertz CT molecular complexity index is 961. The molecule has 0 saturated heterocycles. The van der Waals surface area contributed by atoms with Gasteiger partial charge in [0.25, 0.3) is 0 Å². The summed E-state index contributed by atoms with van der Waals surface area (Å²) in [6.45, 7) is 3.89. The molecule has 1 atom stereocenters. The van der Waals surface area contributed by atoms with Gasteiger partial charge < -0.3 is 4.74 Å². The first-order valence-corrected chi connectivity index (χ1v) is 8.43. The summed E-state index contributed by atoms with van der Waals surface area (Å²) in [7, 11) is 1.58. The van der Waals surface area contributed by atoms with E-state index >= 15 is 0 Å². The van der Waals surface area contributed by atoms with E-state index in [-0.39, 0.29) is 17.5 Å². The van der Waals surface area contributed by atoms with Crippen molar-refractivity contribution in [1.82, 2.24) is 25.0 Å². The molecular formula is C18H18F3N5O2. The normalized spacial score (nSPS) is 13.0. The number of aromatic amines is 1. The number of halogens is 3. The number of alkyl halides is 3. The van der Waals surface area contributed by atoms with Gasteiger partial charge in [-0.05, 0) is 18.1 Å². The molecule has 10 heteroatoms. The molecule has 7 nitrogen and oxygen atoms in total. The van der Waals surface area contributed by atoms with E-state index in [1.165, 1.54) is 16.8 Å². The maximum Gasteiger partial charge on any atom is 0.417 e. The fourth-order valence-corrected chi connectivity index (χ4v) is 2.73. The van der Waals surface area contributed by atoms with Crippen molar-refractivity contribution >= 4 is 6.29 Å². The molecule has 1 unspecified atom stereocenters. The lowest BCUT2D eigenvalue weighted by Crippen LogP contribution is -2.15. The number of aromatic nitrogens is 5. The molecule has 3 heterocycles. The fraction of sp³-hybridized carbons (Fsp3) is 0.333. The van der Waals surface area contributed by atoms with Crippen LogP contribution in [0.4, 0.5) is 13.2 Å². The molecule has 148 valence electrons. The molecule has 0 fully saturated rings. The molecule has 0 aliphatic carbocycles. The molecule has 0 saturated carbocycles. The summed E-state index contributed by atoms with van der Waals surface area (Å²) in [6.07, 6.45) is -2.41. The summed E-state index contributed by atoms with van der Waals surface area (Å²) in [5, 5.41) is 11.0. The largest absolute Gasteiger partial charge is 0.462 e. The number of hydrogen-bond acceptors (Lipinski definition) is 5. The van der Waals surface area contributed by atoms with Crippen LogP contribution in [0, 0.1) is 0 Å². The van der Waals surface area contributed by atoms with E-state index in [1.54, 1.807) is 13.2 Å². The van der Waals surface area contributed by atoms with E-state index in [1.807, 2.05) is 13.8 Å². The van der Waals surface area contributed by atoms with Gasteiger partial charge in [0.15, 0.2) is 12.4 Å². The van der Waals surface area contributed by atoms with Gasteiger partial charge in [-0.15, -0.1) is 5.10 Å². The average molecular weight is 393 g/mol. The van der Waals surface area contributed by atoms with Gasteiger partial charge >= 0.3 is 6.18 Å². The summed E-state index contributed by atoms with van der Waals surface area (Å²) in [4.78, 5) is 15.0. The zero-order valence-corrected chi connectivity index (χ0v) is 15.4. The highest BCUT2D eigenvalue weighted by Gasteiger charge is 2.32. The van der Waals surface area contributed by atoms with E-state index in [0.29, 0.717) is 17.5 Å². The lowest BCUT2D eigenvalue weighted by Gasteiger charge is -2.19. The lowest BCUT2D eigenvalue weighted by molar-refractivity contribution is -0.137. The first-order valence-electron chi connectivity index (χ1n) is 8.43. The maximum atomic E-state index is 12.9. The number of hydrogen-bond donors (Lipinski definition) is 1. The number of carbonyl (C=O) groups is 1. The van der Waals surface area contributed by atoms with E-state index in [4.69, 9.17) is 4.74 Å². The Morgan fingerprint density at radius 1 is 1.25 bits per heavy atom. The number of aryl methyl sites for hydroxylation is 1. The second-order valence-corrected chi connectivity index (χ2v) is 6.51. The highest BCUT2D eigenvalue weighted by Crippen LogP contribution is 2.33. The van der Waals surface area contributed by atoms with Gasteiger partial charge in [0.05, 0.1) is 17.5 Å². The number of ether oxygens (including phenoxy) is 1. The number of nitrogens with zero attached hydrogens (tertiary/aromatic N) is 4. The molecule has 0 aliphatic heterocycles. The first-order chi connectivity index (χ1) is 13.2. The molecule has 0 aromatic carbocycles. The number of pyridine rings is 1. The second kappa shape index (κ2) is 7.45. The highest BCUT2D eigenvalue weighted by molar-refractivity contribution is 5.72. The molecule has 0 spiro atoms. The van der Waals surface area contributed by atoms with Crippen LogP contribution in [0.1, 0.15) is 58.9 Å². The zero-order chi connectivity index (χ0) is 20.5. The van der Waals surface area contributed by atoms with Crippen LogP contribution in [0.2, 0.25) is 0 Å². The van der Waals surface area contributed by atoms with Gasteiger partial charge in [-0.3, -0.25) is 19.6 Å². The molecular weight excluding hydrogens is 375 g/mol. The van der Waals surface area contributed by atoms with Gasteiger partial charge in [-0.2, -0.15) is 18.3 Å². The Morgan fingerprint density at radius 2 is 2.00 bits per heavy atom. The molecule has 1 N–H and O–H groups in total. The number of rotatable bonds is 6. The van der Waals surface area contributed by atoms with Crippen LogP contribution in [0.25, 0.3) is 0 Å². The molecule has 0 bridgehead atoms. The van der Waals surface area contributed by atoms with Crippen molar-refractivity contribution in [3.63, 3.8) is 0 Å². The Labute approximate surface area is 158 Å². The summed E-state index contributed by atoms with van der Waals surface area (Å²) in [6, 6.07) is 3.65. The predicted octanol–water partition coefficient (Wildman–Crippen LogP) is 3.66. The van der Waals surface area contributed by atoms with Crippen LogP contribution >= 0.6 is 0 Å². The standard InChI is InChI=1S/C18H18F3N5O2/c1-10(2)16-13(8-23-24-16)17(28-15-6-12(9-27)26(3)25-15)14-5-4-11(7-22-14)18(19,20)21/h4-10,17H,1-3H3,(H,23,24). The van der Waals surface area contributed by atoms with E-state index < -0.39 is 17.8 Å². The van der Waals surface area contributed by atoms with Crippen molar-refractivity contribution in [1.29, 1.82) is 0 Å². The molecule has 0 amide bonds. The SMILES string of the molecule is CC(C)c1[nH]ncc1C(Oc1cc(C=O)n(C)n1)c1ccc(C(F)(F)F)cn1. The van der Waals surface area contributed by atoms with Crippen molar-refractivity contribution in [3.8, 4) is 5.88 Å². The van der Waals surface area contributed by atoms with E-state index in [0.717, 1.165) is 18.0 Å². The van der Waals surface area contributed by atoms with Crippen molar-refractivity contribution < 1.29 is 22.7 Å². The topological polar surface area (TPSA) is 85.7 Å². The minimum atomic E-state index is -4.49. The monoisotopic (exact) mass is 393 g/mol. The van der Waals surface area contributed by atoms with Crippen molar-refractivity contribution in [2.24, 2.45) is 7.05 Å². The third kappa shape index (κ3) is 3.90. The summed E-state index contributed by atoms with van der Waals surface area (Å²) in [5.74, 6) is 0.208. The predicted molar refractivity (Wildman–Crippen MR) is 93.0 cm³/mol. The number of nitrogens with one attached hydrogen (secondary N) is 1. The van der Waals surface area contributed by atoms with Crippen molar-refractivity contribution in [2.75, 3.05) is 0 Å². The molecule has 0 aliphatic rings. The molecule has 3 aromatic heterocycles. The molecule has 3 rings (SSSR count). The van der Waals surface area contributed by atoms with Crippen LogP contribution in [-0.2, 0) is 13.2 Å². The zero-order valence-electron chi connectivity index (χ0n) is 15.4. The lowest BCUT2D eigenvalue weighted by atomic mass is 10.00. The Kier molecular flexibility index (Phi) is 5.21. The van der Waals surface area contributed by atoms with Gasteiger partial charge in [0.1, 0.15) is 5.69 Å². The molecule has 28 heavy (non-hydrogen) atoms. The van der Waals surface area contributed by atoms with Crippen LogP contribution in [0.15, 0.2) is 30.6 Å². The van der Waals surface area contributed by atoms with E-state index in [9.17, 15) is 18.0 Å². The quantitative estimate of drug-likeness (QED) is 0.646. The van der Waals surface area contributed by atoms with Crippen LogP contribution in [-0.4, -0.2) is 31.2 Å². The van der Waals surface area contributed by atoms with Crippen LogP contribution in [0.5, 0.6) is 5.88 Å². The molecule has 0 radical (unpaired) electrons. The fourth-order valence-electron chi connectivity index (χ4n) is 2.73. The first kappa shape index (κ1) is 19.6. The molecule has 3 aromatic rings. The minimum absolute atomic E-state index is 0.0623. The van der Waals surface area contributed by atoms with Gasteiger partial charge in [-0.25, -0.2) is 0 Å². The van der Waals surface area contributed by atoms with Gasteiger partial charge in [0.2, 0.25) is 5.88 Å². The summed E-state index contributed by atoms with van der Waals surface area (Å²) < 4.78 is 45.9. The number of H-pyrrole nitrogens is 1. The second-order valence-electron chi connectivity index (χ2n) is 6.51. The summed E-state index contributed by atoms with van der Waals surface area (Å²) >= 11 is 0.